The van der Waals surface area contributed by atoms with Crippen molar-refractivity contribution in [3.63, 3.8) is 0 Å². The summed E-state index contributed by atoms with van der Waals surface area (Å²) in [6.07, 6.45) is 0.916. The number of aliphatic imine (C=N–C) groups is 1. The van der Waals surface area contributed by atoms with E-state index in [2.05, 4.69) is 22.1 Å². The third-order valence-electron chi connectivity index (χ3n) is 2.01. The molecule has 0 aromatic carbocycles. The lowest BCUT2D eigenvalue weighted by Crippen LogP contribution is -3.00. The average Bonchev–Trinajstić information content (AvgIpc) is 2.20. The van der Waals surface area contributed by atoms with Crippen molar-refractivity contribution in [3.05, 3.63) is 0 Å². The Morgan fingerprint density at radius 1 is 1.75 bits per heavy atom. The molecule has 0 atom stereocenters. The van der Waals surface area contributed by atoms with Gasteiger partial charge in [0, 0.05) is 13.0 Å². The van der Waals surface area contributed by atoms with Crippen LogP contribution in [0.25, 0.3) is 0 Å². The minimum atomic E-state index is -0.731. The average molecular weight is 312 g/mol. The Labute approximate surface area is 112 Å². The number of amidine groups is 1. The van der Waals surface area contributed by atoms with Gasteiger partial charge in [0.25, 0.3) is 0 Å². The van der Waals surface area contributed by atoms with E-state index in [0.29, 0.717) is 13.1 Å². The molecule has 1 aliphatic rings. The zero-order valence-corrected chi connectivity index (χ0v) is 11.7. The minimum Gasteiger partial charge on any atom is -1.00 e. The number of hydrogen-bond acceptors (Lipinski definition) is 5. The molecule has 1 heterocycles. The molecule has 0 aromatic heterocycles. The van der Waals surface area contributed by atoms with E-state index in [1.807, 2.05) is 0 Å². The van der Waals surface area contributed by atoms with Crippen molar-refractivity contribution in [2.24, 2.45) is 4.99 Å². The number of nitrogens with zero attached hydrogens (tertiary/aromatic N) is 2. The standard InChI is InChI=1S/C9H17N3O2S.BrH/c1-2-15-9-10-6-12(7-11-9)5-3-4-8(13)14;/h2-7H2,1H3,(H,10,11)(H,13,14);1H. The van der Waals surface area contributed by atoms with Crippen LogP contribution in [0.3, 0.4) is 0 Å². The molecule has 2 N–H and O–H groups in total. The van der Waals surface area contributed by atoms with Crippen molar-refractivity contribution < 1.29 is 28.3 Å². The van der Waals surface area contributed by atoms with E-state index in [-0.39, 0.29) is 24.8 Å². The van der Waals surface area contributed by atoms with Crippen molar-refractivity contribution in [2.75, 3.05) is 25.6 Å². The van der Waals surface area contributed by atoms with Crippen LogP contribution in [0.15, 0.2) is 4.99 Å². The van der Waals surface area contributed by atoms with Gasteiger partial charge in [0.1, 0.15) is 0 Å². The highest BCUT2D eigenvalue weighted by molar-refractivity contribution is 8.13. The monoisotopic (exact) mass is 311 g/mol. The highest BCUT2D eigenvalue weighted by atomic mass is 79.9. The smallest absolute Gasteiger partial charge is 1.00 e. The number of nitrogens with one attached hydrogen (secondary N) is 1. The lowest BCUT2D eigenvalue weighted by Gasteiger charge is -2.25. The molecule has 0 saturated carbocycles. The molecule has 0 amide bonds. The molecule has 0 fully saturated rings. The zero-order chi connectivity index (χ0) is 11.1. The van der Waals surface area contributed by atoms with Crippen LogP contribution < -0.4 is 22.3 Å². The predicted molar refractivity (Wildman–Crippen MR) is 63.1 cm³/mol. The van der Waals surface area contributed by atoms with Crippen LogP contribution in [0.5, 0.6) is 0 Å². The molecule has 0 saturated heterocycles. The summed E-state index contributed by atoms with van der Waals surface area (Å²) in [5.41, 5.74) is 0. The Bertz CT molecular complexity index is 256. The maximum Gasteiger partial charge on any atom is 1.00 e. The number of aliphatic carboxylic acids is 1. The number of hydrogen-bond donors (Lipinski definition) is 2. The summed E-state index contributed by atoms with van der Waals surface area (Å²) in [5.74, 6) is 0.288. The molecule has 0 spiro atoms. The van der Waals surface area contributed by atoms with Gasteiger partial charge in [-0.2, -0.15) is 0 Å². The summed E-state index contributed by atoms with van der Waals surface area (Å²) in [6.45, 7) is 4.32. The molecule has 16 heavy (non-hydrogen) atoms. The third-order valence-corrected chi connectivity index (χ3v) is 2.85. The fraction of sp³-hybridized carbons (Fsp3) is 0.778. The number of carbonyl (C=O) groups is 1. The molecular formula is C9H18BrN3O2S. The lowest BCUT2D eigenvalue weighted by molar-refractivity contribution is -0.137. The van der Waals surface area contributed by atoms with Gasteiger partial charge in [-0.25, -0.2) is 4.99 Å². The Hall–Kier alpha value is -0.270. The van der Waals surface area contributed by atoms with Crippen LogP contribution in [-0.4, -0.2) is 46.8 Å². The van der Waals surface area contributed by atoms with Gasteiger partial charge in [-0.3, -0.25) is 9.69 Å². The fourth-order valence-corrected chi connectivity index (χ4v) is 1.88. The molecule has 0 aromatic rings. The predicted octanol–water partition coefficient (Wildman–Crippen LogP) is -2.10. The summed E-state index contributed by atoms with van der Waals surface area (Å²) in [5, 5.41) is 12.7. The van der Waals surface area contributed by atoms with Gasteiger partial charge in [0.05, 0.1) is 13.3 Å². The maximum absolute atomic E-state index is 10.3. The first kappa shape index (κ1) is 15.7. The SMILES string of the molecule is CCSC1=NCN(CCCC(=O)O)CN1.[Br-].[H+]. The van der Waals surface area contributed by atoms with Crippen molar-refractivity contribution in [1.29, 1.82) is 0 Å². The Morgan fingerprint density at radius 2 is 2.50 bits per heavy atom. The van der Waals surface area contributed by atoms with E-state index < -0.39 is 5.97 Å². The second kappa shape index (κ2) is 8.83. The first-order valence-corrected chi connectivity index (χ1v) is 6.06. The molecule has 1 rings (SSSR count). The molecular weight excluding hydrogens is 294 g/mol. The summed E-state index contributed by atoms with van der Waals surface area (Å²) < 4.78 is 0. The van der Waals surface area contributed by atoms with Gasteiger partial charge in [0.2, 0.25) is 0 Å². The number of halogens is 1. The van der Waals surface area contributed by atoms with Crippen LogP contribution in [0.4, 0.5) is 0 Å². The zero-order valence-electron chi connectivity index (χ0n) is 10.3. The second-order valence-electron chi connectivity index (χ2n) is 3.26. The second-order valence-corrected chi connectivity index (χ2v) is 4.52. The van der Waals surface area contributed by atoms with E-state index in [9.17, 15) is 4.79 Å². The lowest BCUT2D eigenvalue weighted by atomic mass is 10.3. The quantitative estimate of drug-likeness (QED) is 0.609. The van der Waals surface area contributed by atoms with Crippen LogP contribution >= 0.6 is 11.8 Å². The van der Waals surface area contributed by atoms with E-state index >= 15 is 0 Å². The Morgan fingerprint density at radius 3 is 3.00 bits per heavy atom. The number of thioether (sulfide) groups is 1. The molecule has 7 heteroatoms. The highest BCUT2D eigenvalue weighted by Gasteiger charge is 2.11. The van der Waals surface area contributed by atoms with E-state index in [0.717, 1.165) is 24.1 Å². The Kier molecular flexibility index (Phi) is 8.68. The highest BCUT2D eigenvalue weighted by Crippen LogP contribution is 2.06. The molecule has 5 nitrogen and oxygen atoms in total. The summed E-state index contributed by atoms with van der Waals surface area (Å²) in [7, 11) is 0. The van der Waals surface area contributed by atoms with E-state index in [1.54, 1.807) is 11.8 Å². The van der Waals surface area contributed by atoms with Gasteiger partial charge in [0.15, 0.2) is 5.17 Å². The minimum absolute atomic E-state index is 0. The van der Waals surface area contributed by atoms with E-state index in [1.165, 1.54) is 0 Å². The summed E-state index contributed by atoms with van der Waals surface area (Å²) >= 11 is 1.70. The van der Waals surface area contributed by atoms with Crippen molar-refractivity contribution in [2.45, 2.75) is 19.8 Å². The van der Waals surface area contributed by atoms with Gasteiger partial charge < -0.3 is 27.4 Å². The maximum atomic E-state index is 10.3. The van der Waals surface area contributed by atoms with Crippen LogP contribution in [0.2, 0.25) is 0 Å². The summed E-state index contributed by atoms with van der Waals surface area (Å²) in [4.78, 5) is 16.8. The number of carboxylic acids is 1. The molecule has 0 bridgehead atoms. The number of carboxylic acid groups (broad SMARTS) is 1. The van der Waals surface area contributed by atoms with Crippen LogP contribution in [0, 0.1) is 0 Å². The molecule has 0 radical (unpaired) electrons. The van der Waals surface area contributed by atoms with Crippen molar-refractivity contribution in [1.82, 2.24) is 10.2 Å². The molecule has 0 aliphatic carbocycles. The fourth-order valence-electron chi connectivity index (χ4n) is 1.29. The van der Waals surface area contributed by atoms with Crippen LogP contribution in [-0.2, 0) is 4.79 Å². The van der Waals surface area contributed by atoms with Gasteiger partial charge in [-0.05, 0) is 12.2 Å². The third kappa shape index (κ3) is 6.34. The molecule has 1 aliphatic heterocycles. The van der Waals surface area contributed by atoms with Crippen molar-refractivity contribution >= 4 is 22.9 Å². The van der Waals surface area contributed by atoms with Gasteiger partial charge >= 0.3 is 7.40 Å². The number of rotatable bonds is 5. The summed E-state index contributed by atoms with van der Waals surface area (Å²) in [6, 6.07) is 0. The Balaban J connectivity index is 0. The normalized spacial score (nSPS) is 15.9. The topological polar surface area (TPSA) is 64.9 Å². The van der Waals surface area contributed by atoms with Crippen molar-refractivity contribution in [3.8, 4) is 0 Å². The van der Waals surface area contributed by atoms with E-state index in [4.69, 9.17) is 5.11 Å². The first-order valence-electron chi connectivity index (χ1n) is 5.07. The largest absolute Gasteiger partial charge is 1.00 e. The van der Waals surface area contributed by atoms with Gasteiger partial charge in [-0.15, -0.1) is 0 Å². The first-order chi connectivity index (χ1) is 7.22. The molecule has 94 valence electrons. The van der Waals surface area contributed by atoms with Crippen LogP contribution in [0.1, 0.15) is 21.2 Å². The van der Waals surface area contributed by atoms with Gasteiger partial charge in [-0.1, -0.05) is 18.7 Å². The molecule has 0 unspecified atom stereocenters.